The lowest BCUT2D eigenvalue weighted by molar-refractivity contribution is 0.0600. The minimum atomic E-state index is -0.370. The van der Waals surface area contributed by atoms with Crippen LogP contribution in [0.2, 0.25) is 0 Å². The van der Waals surface area contributed by atoms with Gasteiger partial charge < -0.3 is 9.64 Å². The third kappa shape index (κ3) is 5.02. The van der Waals surface area contributed by atoms with Crippen LogP contribution in [-0.4, -0.2) is 43.9 Å². The molecule has 0 amide bonds. The van der Waals surface area contributed by atoms with E-state index in [1.54, 1.807) is 5.38 Å². The van der Waals surface area contributed by atoms with Crippen LogP contribution < -0.4 is 0 Å². The lowest BCUT2D eigenvalue weighted by Crippen LogP contribution is -2.18. The van der Waals surface area contributed by atoms with Gasteiger partial charge in [-0.05, 0) is 58.2 Å². The third-order valence-corrected chi connectivity index (χ3v) is 5.71. The molecule has 4 nitrogen and oxygen atoms in total. The molecule has 1 fully saturated rings. The fourth-order valence-electron chi connectivity index (χ4n) is 3.04. The number of nitrogens with zero attached hydrogens (tertiary/aromatic N) is 1. The summed E-state index contributed by atoms with van der Waals surface area (Å²) in [5.74, 6) is -0.238. The van der Waals surface area contributed by atoms with E-state index in [9.17, 15) is 9.59 Å². The Kier molecular flexibility index (Phi) is 7.18. The minimum Gasteiger partial charge on any atom is -0.465 e. The monoisotopic (exact) mass is 349 g/mol. The number of rotatable bonds is 6. The Hall–Kier alpha value is -1.46. The summed E-state index contributed by atoms with van der Waals surface area (Å²) in [7, 11) is 3.53. The van der Waals surface area contributed by atoms with Crippen LogP contribution in [0.1, 0.15) is 64.1 Å². The summed E-state index contributed by atoms with van der Waals surface area (Å²) in [6.45, 7) is 4.13. The zero-order chi connectivity index (χ0) is 17.5. The number of allylic oxidation sites excluding steroid dienone is 1. The average Bonchev–Trinajstić information content (AvgIpc) is 2.83. The van der Waals surface area contributed by atoms with Gasteiger partial charge in [0.2, 0.25) is 0 Å². The Balaban J connectivity index is 1.83. The third-order valence-electron chi connectivity index (χ3n) is 4.59. The van der Waals surface area contributed by atoms with Gasteiger partial charge in [-0.15, -0.1) is 11.3 Å². The zero-order valence-electron chi connectivity index (χ0n) is 14.9. The molecule has 0 saturated carbocycles. The van der Waals surface area contributed by atoms with Crippen molar-refractivity contribution in [1.29, 1.82) is 0 Å². The summed E-state index contributed by atoms with van der Waals surface area (Å²) in [6.07, 6.45) is 8.25. The van der Waals surface area contributed by atoms with Crippen LogP contribution in [0.4, 0.5) is 0 Å². The van der Waals surface area contributed by atoms with E-state index < -0.39 is 0 Å². The van der Waals surface area contributed by atoms with Gasteiger partial charge in [0, 0.05) is 18.3 Å². The summed E-state index contributed by atoms with van der Waals surface area (Å²) in [4.78, 5) is 27.1. The van der Waals surface area contributed by atoms with Gasteiger partial charge in [0.05, 0.1) is 17.6 Å². The first-order chi connectivity index (χ1) is 11.5. The Bertz CT molecular complexity index is 618. The summed E-state index contributed by atoms with van der Waals surface area (Å²) < 4.78 is 4.74. The molecule has 1 aromatic rings. The van der Waals surface area contributed by atoms with E-state index in [4.69, 9.17) is 4.74 Å². The SMILES string of the molecule is COC(=O)c1csc(C(=O)CCC/C=C2\CCCN(C)CC2)c1C. The quantitative estimate of drug-likeness (QED) is 0.334. The lowest BCUT2D eigenvalue weighted by atomic mass is 10.0. The number of methoxy groups -OCH3 is 1. The van der Waals surface area contributed by atoms with Crippen LogP contribution >= 0.6 is 11.3 Å². The molecule has 0 N–H and O–H groups in total. The van der Waals surface area contributed by atoms with E-state index in [0.717, 1.165) is 31.4 Å². The number of thiophene rings is 1. The van der Waals surface area contributed by atoms with E-state index in [1.165, 1.54) is 43.4 Å². The smallest absolute Gasteiger partial charge is 0.338 e. The summed E-state index contributed by atoms with van der Waals surface area (Å²) in [6, 6.07) is 0. The van der Waals surface area contributed by atoms with E-state index in [0.29, 0.717) is 16.9 Å². The van der Waals surface area contributed by atoms with E-state index in [2.05, 4.69) is 18.0 Å². The fraction of sp³-hybridized carbons (Fsp3) is 0.579. The fourth-order valence-corrected chi connectivity index (χ4v) is 4.07. The second-order valence-electron chi connectivity index (χ2n) is 6.43. The highest BCUT2D eigenvalue weighted by Crippen LogP contribution is 2.25. The Labute approximate surface area is 148 Å². The normalized spacial score (nSPS) is 17.7. The molecule has 24 heavy (non-hydrogen) atoms. The number of hydrogen-bond acceptors (Lipinski definition) is 5. The second kappa shape index (κ2) is 9.14. The molecule has 2 heterocycles. The number of ether oxygens (including phenoxy) is 1. The number of carbonyl (C=O) groups is 2. The summed E-state index contributed by atoms with van der Waals surface area (Å²) >= 11 is 1.35. The van der Waals surface area contributed by atoms with Gasteiger partial charge >= 0.3 is 5.97 Å². The van der Waals surface area contributed by atoms with Gasteiger partial charge in [-0.1, -0.05) is 11.6 Å². The molecule has 0 bridgehead atoms. The van der Waals surface area contributed by atoms with Gasteiger partial charge in [0.25, 0.3) is 0 Å². The maximum absolute atomic E-state index is 12.4. The van der Waals surface area contributed by atoms with Crippen molar-refractivity contribution in [2.45, 2.75) is 45.4 Å². The van der Waals surface area contributed by atoms with E-state index >= 15 is 0 Å². The number of Topliss-reactive ketones (excluding diaryl/α,β-unsaturated/α-hetero) is 1. The van der Waals surface area contributed by atoms with Gasteiger partial charge in [0.1, 0.15) is 0 Å². The van der Waals surface area contributed by atoms with Crippen molar-refractivity contribution in [3.8, 4) is 0 Å². The van der Waals surface area contributed by atoms with Crippen LogP contribution in [0.5, 0.6) is 0 Å². The number of unbranched alkanes of at least 4 members (excludes halogenated alkanes) is 1. The number of carbonyl (C=O) groups excluding carboxylic acids is 2. The molecule has 1 saturated heterocycles. The number of esters is 1. The first kappa shape index (κ1) is 18.9. The Morgan fingerprint density at radius 1 is 1.33 bits per heavy atom. The largest absolute Gasteiger partial charge is 0.465 e. The Morgan fingerprint density at radius 3 is 2.88 bits per heavy atom. The van der Waals surface area contributed by atoms with Crippen LogP contribution in [0.15, 0.2) is 17.0 Å². The summed E-state index contributed by atoms with van der Waals surface area (Å²) in [5, 5.41) is 1.72. The molecule has 1 aromatic heterocycles. The van der Waals surface area contributed by atoms with Gasteiger partial charge in [-0.3, -0.25) is 4.79 Å². The molecule has 0 radical (unpaired) electrons. The molecule has 0 aliphatic carbocycles. The van der Waals surface area contributed by atoms with Gasteiger partial charge in [-0.25, -0.2) is 4.79 Å². The van der Waals surface area contributed by atoms with Crippen LogP contribution in [0.3, 0.4) is 0 Å². The van der Waals surface area contributed by atoms with Crippen LogP contribution in [-0.2, 0) is 4.74 Å². The van der Waals surface area contributed by atoms with Crippen molar-refractivity contribution in [2.75, 3.05) is 27.2 Å². The number of hydrogen-bond donors (Lipinski definition) is 0. The maximum Gasteiger partial charge on any atom is 0.338 e. The predicted molar refractivity (Wildman–Crippen MR) is 98.0 cm³/mol. The van der Waals surface area contributed by atoms with E-state index in [1.807, 2.05) is 6.92 Å². The standard InChI is InChI=1S/C19H27NO3S/c1-14-16(19(22)23-3)13-24-18(14)17(21)9-5-4-7-15-8-6-11-20(2)12-10-15/h7,13H,4-6,8-12H2,1-3H3/b15-7+. The first-order valence-electron chi connectivity index (χ1n) is 8.59. The van der Waals surface area contributed by atoms with Crippen molar-refractivity contribution >= 4 is 23.1 Å². The highest BCUT2D eigenvalue weighted by Gasteiger charge is 2.19. The average molecular weight is 349 g/mol. The van der Waals surface area contributed by atoms with Crippen LogP contribution in [0, 0.1) is 6.92 Å². The van der Waals surface area contributed by atoms with Crippen molar-refractivity contribution in [1.82, 2.24) is 4.90 Å². The zero-order valence-corrected chi connectivity index (χ0v) is 15.7. The highest BCUT2D eigenvalue weighted by atomic mass is 32.1. The van der Waals surface area contributed by atoms with Crippen molar-refractivity contribution in [3.05, 3.63) is 33.0 Å². The van der Waals surface area contributed by atoms with Crippen molar-refractivity contribution in [2.24, 2.45) is 0 Å². The maximum atomic E-state index is 12.4. The molecule has 0 aromatic carbocycles. The van der Waals surface area contributed by atoms with Crippen molar-refractivity contribution in [3.63, 3.8) is 0 Å². The number of likely N-dealkylation sites (tertiary alicyclic amines) is 1. The highest BCUT2D eigenvalue weighted by molar-refractivity contribution is 7.12. The van der Waals surface area contributed by atoms with Gasteiger partial charge in [-0.2, -0.15) is 0 Å². The predicted octanol–water partition coefficient (Wildman–Crippen LogP) is 4.24. The van der Waals surface area contributed by atoms with Crippen LogP contribution in [0.25, 0.3) is 0 Å². The molecule has 1 aliphatic rings. The molecule has 5 heteroatoms. The summed E-state index contributed by atoms with van der Waals surface area (Å²) in [5.41, 5.74) is 2.80. The van der Waals surface area contributed by atoms with Gasteiger partial charge in [0.15, 0.2) is 5.78 Å². The molecular formula is C19H27NO3S. The molecule has 0 spiro atoms. The second-order valence-corrected chi connectivity index (χ2v) is 7.31. The number of ketones is 1. The van der Waals surface area contributed by atoms with Crippen molar-refractivity contribution < 1.29 is 14.3 Å². The molecular weight excluding hydrogens is 322 g/mol. The minimum absolute atomic E-state index is 0.131. The molecule has 0 atom stereocenters. The van der Waals surface area contributed by atoms with E-state index in [-0.39, 0.29) is 11.8 Å². The molecule has 1 aliphatic heterocycles. The molecule has 0 unspecified atom stereocenters. The lowest BCUT2D eigenvalue weighted by Gasteiger charge is -2.10. The Morgan fingerprint density at radius 2 is 2.12 bits per heavy atom. The topological polar surface area (TPSA) is 46.6 Å². The first-order valence-corrected chi connectivity index (χ1v) is 9.47. The molecule has 2 rings (SSSR count). The molecule has 132 valence electrons.